The van der Waals surface area contributed by atoms with E-state index in [1.165, 1.54) is 0 Å². The van der Waals surface area contributed by atoms with Gasteiger partial charge in [-0.2, -0.15) is 0 Å². The van der Waals surface area contributed by atoms with Gasteiger partial charge in [-0.1, -0.05) is 0 Å². The molecule has 2 N–H and O–H groups in total. The highest BCUT2D eigenvalue weighted by molar-refractivity contribution is 5.76. The molecule has 1 heterocycles. The number of aromatic nitrogens is 2. The third-order valence-corrected chi connectivity index (χ3v) is 3.37. The molecule has 0 atom stereocenters. The van der Waals surface area contributed by atoms with Gasteiger partial charge in [-0.3, -0.25) is 4.79 Å². The van der Waals surface area contributed by atoms with E-state index in [4.69, 9.17) is 4.74 Å². The maximum atomic E-state index is 11.7. The molecule has 1 aromatic heterocycles. The number of carbonyl (C=O) groups is 2. The molecular formula is C16H26N4O3. The van der Waals surface area contributed by atoms with Crippen molar-refractivity contribution in [3.8, 4) is 0 Å². The van der Waals surface area contributed by atoms with Gasteiger partial charge >= 0.3 is 6.09 Å². The molecule has 1 aromatic rings. The van der Waals surface area contributed by atoms with Crippen molar-refractivity contribution in [2.75, 3.05) is 6.54 Å². The lowest BCUT2D eigenvalue weighted by Gasteiger charge is -2.19. The lowest BCUT2D eigenvalue weighted by atomic mass is 10.2. The molecular weight excluding hydrogens is 296 g/mol. The van der Waals surface area contributed by atoms with Crippen molar-refractivity contribution in [2.45, 2.75) is 64.6 Å². The van der Waals surface area contributed by atoms with E-state index in [2.05, 4.69) is 15.6 Å². The first-order valence-electron chi connectivity index (χ1n) is 8.09. The summed E-state index contributed by atoms with van der Waals surface area (Å²) < 4.78 is 7.13. The first-order chi connectivity index (χ1) is 10.8. The number of carbonyl (C=O) groups excluding carboxylic acids is 2. The van der Waals surface area contributed by atoms with Crippen LogP contribution in [0.15, 0.2) is 12.5 Å². The van der Waals surface area contributed by atoms with E-state index in [-0.39, 0.29) is 5.91 Å². The summed E-state index contributed by atoms with van der Waals surface area (Å²) >= 11 is 0. The quantitative estimate of drug-likeness (QED) is 0.799. The van der Waals surface area contributed by atoms with Gasteiger partial charge in [0.05, 0.1) is 6.33 Å². The summed E-state index contributed by atoms with van der Waals surface area (Å²) in [5.74, 6) is 0.0824. The highest BCUT2D eigenvalue weighted by Gasteiger charge is 2.23. The van der Waals surface area contributed by atoms with E-state index in [1.54, 1.807) is 12.5 Å². The van der Waals surface area contributed by atoms with Gasteiger partial charge in [-0.25, -0.2) is 9.78 Å². The smallest absolute Gasteiger partial charge is 0.407 e. The second-order valence-electron chi connectivity index (χ2n) is 6.85. The molecule has 0 aliphatic heterocycles. The Bertz CT molecular complexity index is 544. The number of hydrogen-bond acceptors (Lipinski definition) is 4. The van der Waals surface area contributed by atoms with Crippen LogP contribution in [0.3, 0.4) is 0 Å². The number of nitrogens with zero attached hydrogens (tertiary/aromatic N) is 2. The van der Waals surface area contributed by atoms with Gasteiger partial charge in [0.2, 0.25) is 5.91 Å². The molecule has 0 unspecified atom stereocenters. The Hall–Kier alpha value is -2.05. The van der Waals surface area contributed by atoms with Gasteiger partial charge < -0.3 is 19.9 Å². The van der Waals surface area contributed by atoms with Crippen molar-refractivity contribution in [2.24, 2.45) is 0 Å². The minimum atomic E-state index is -0.499. The SMILES string of the molecule is CC(C)(C)OC(=O)NCCc1cncn1CCC(=O)NC1CC1. The fourth-order valence-electron chi connectivity index (χ4n) is 2.11. The van der Waals surface area contributed by atoms with Crippen LogP contribution in [0.5, 0.6) is 0 Å². The van der Waals surface area contributed by atoms with Crippen LogP contribution in [0.2, 0.25) is 0 Å². The Morgan fingerprint density at radius 2 is 2.13 bits per heavy atom. The number of ether oxygens (including phenoxy) is 1. The van der Waals surface area contributed by atoms with Crippen LogP contribution in [-0.4, -0.2) is 39.7 Å². The average Bonchev–Trinajstić information content (AvgIpc) is 3.12. The van der Waals surface area contributed by atoms with Crippen LogP contribution in [-0.2, 0) is 22.5 Å². The highest BCUT2D eigenvalue weighted by Crippen LogP contribution is 2.18. The standard InChI is InChI=1S/C16H26N4O3/c1-16(2,3)23-15(22)18-8-6-13-10-17-11-20(13)9-7-14(21)19-12-4-5-12/h10-12H,4-9H2,1-3H3,(H,18,22)(H,19,21). The van der Waals surface area contributed by atoms with Gasteiger partial charge in [0.25, 0.3) is 0 Å². The molecule has 1 fully saturated rings. The number of hydrogen-bond donors (Lipinski definition) is 2. The second-order valence-corrected chi connectivity index (χ2v) is 6.85. The third kappa shape index (κ3) is 6.71. The fraction of sp³-hybridized carbons (Fsp3) is 0.688. The summed E-state index contributed by atoms with van der Waals surface area (Å²) in [6.07, 6.45) is 6.33. The van der Waals surface area contributed by atoms with Crippen LogP contribution in [0, 0.1) is 0 Å². The zero-order chi connectivity index (χ0) is 16.9. The van der Waals surface area contributed by atoms with E-state index in [1.807, 2.05) is 25.3 Å². The molecule has 0 aromatic carbocycles. The van der Waals surface area contributed by atoms with Gasteiger partial charge in [0.1, 0.15) is 5.60 Å². The van der Waals surface area contributed by atoms with Crippen molar-refractivity contribution < 1.29 is 14.3 Å². The Kier molecular flexibility index (Phi) is 5.63. The molecule has 0 spiro atoms. The monoisotopic (exact) mass is 322 g/mol. The minimum Gasteiger partial charge on any atom is -0.444 e. The summed E-state index contributed by atoms with van der Waals surface area (Å²) in [7, 11) is 0. The third-order valence-electron chi connectivity index (χ3n) is 3.37. The van der Waals surface area contributed by atoms with Gasteiger partial charge in [0.15, 0.2) is 0 Å². The number of amides is 2. The molecule has 0 saturated heterocycles. The molecule has 1 saturated carbocycles. The first kappa shape index (κ1) is 17.3. The lowest BCUT2D eigenvalue weighted by molar-refractivity contribution is -0.121. The molecule has 23 heavy (non-hydrogen) atoms. The molecule has 128 valence electrons. The van der Waals surface area contributed by atoms with Crippen molar-refractivity contribution >= 4 is 12.0 Å². The summed E-state index contributed by atoms with van der Waals surface area (Å²) in [5, 5.41) is 5.69. The zero-order valence-electron chi connectivity index (χ0n) is 14.1. The Morgan fingerprint density at radius 3 is 2.78 bits per heavy atom. The Balaban J connectivity index is 1.70. The van der Waals surface area contributed by atoms with Crippen LogP contribution in [0.4, 0.5) is 4.79 Å². The zero-order valence-corrected chi connectivity index (χ0v) is 14.1. The topological polar surface area (TPSA) is 85.2 Å². The Morgan fingerprint density at radius 1 is 1.39 bits per heavy atom. The van der Waals surface area contributed by atoms with Crippen LogP contribution in [0.1, 0.15) is 45.7 Å². The summed E-state index contributed by atoms with van der Waals surface area (Å²) in [6, 6.07) is 0.391. The summed E-state index contributed by atoms with van der Waals surface area (Å²) in [5.41, 5.74) is 0.487. The summed E-state index contributed by atoms with van der Waals surface area (Å²) in [6.45, 7) is 6.55. The van der Waals surface area contributed by atoms with E-state index < -0.39 is 11.7 Å². The molecule has 2 rings (SSSR count). The molecule has 0 radical (unpaired) electrons. The molecule has 0 bridgehead atoms. The number of nitrogens with one attached hydrogen (secondary N) is 2. The van der Waals surface area contributed by atoms with Gasteiger partial charge in [-0.15, -0.1) is 0 Å². The van der Waals surface area contributed by atoms with Crippen LogP contribution in [0.25, 0.3) is 0 Å². The van der Waals surface area contributed by atoms with Gasteiger partial charge in [-0.05, 0) is 33.6 Å². The fourth-order valence-corrected chi connectivity index (χ4v) is 2.11. The van der Waals surface area contributed by atoms with E-state index in [9.17, 15) is 9.59 Å². The number of aryl methyl sites for hydroxylation is 1. The van der Waals surface area contributed by atoms with E-state index in [0.717, 1.165) is 18.5 Å². The average molecular weight is 322 g/mol. The van der Waals surface area contributed by atoms with Crippen molar-refractivity contribution in [1.29, 1.82) is 0 Å². The maximum Gasteiger partial charge on any atom is 0.407 e. The van der Waals surface area contributed by atoms with E-state index >= 15 is 0 Å². The highest BCUT2D eigenvalue weighted by atomic mass is 16.6. The number of imidazole rings is 1. The predicted molar refractivity (Wildman–Crippen MR) is 85.9 cm³/mol. The number of alkyl carbamates (subject to hydrolysis) is 1. The minimum absolute atomic E-state index is 0.0824. The molecule has 1 aliphatic rings. The van der Waals surface area contributed by atoms with Crippen LogP contribution < -0.4 is 10.6 Å². The maximum absolute atomic E-state index is 11.7. The van der Waals surface area contributed by atoms with Crippen LogP contribution >= 0.6 is 0 Å². The number of rotatable bonds is 7. The van der Waals surface area contributed by atoms with Crippen molar-refractivity contribution in [3.05, 3.63) is 18.2 Å². The Labute approximate surface area is 136 Å². The van der Waals surface area contributed by atoms with E-state index in [0.29, 0.717) is 32.0 Å². The molecule has 1 aliphatic carbocycles. The normalized spacial score (nSPS) is 14.4. The molecule has 7 nitrogen and oxygen atoms in total. The van der Waals surface area contributed by atoms with Crippen molar-refractivity contribution in [3.63, 3.8) is 0 Å². The predicted octanol–water partition coefficient (Wildman–Crippen LogP) is 1.62. The lowest BCUT2D eigenvalue weighted by Crippen LogP contribution is -2.33. The van der Waals surface area contributed by atoms with Gasteiger partial charge in [0, 0.05) is 43.9 Å². The summed E-state index contributed by atoms with van der Waals surface area (Å²) in [4.78, 5) is 27.4. The first-order valence-corrected chi connectivity index (χ1v) is 8.09. The largest absolute Gasteiger partial charge is 0.444 e. The second kappa shape index (κ2) is 7.48. The molecule has 2 amide bonds. The molecule has 7 heteroatoms. The van der Waals surface area contributed by atoms with Crippen molar-refractivity contribution in [1.82, 2.24) is 20.2 Å².